The predicted molar refractivity (Wildman–Crippen MR) is 57.9 cm³/mol. The molecule has 2 nitrogen and oxygen atoms in total. The second-order valence-corrected chi connectivity index (χ2v) is 5.02. The minimum Gasteiger partial charge on any atom is -0.301 e. The van der Waals surface area contributed by atoms with Crippen LogP contribution in [-0.2, 0) is 0 Å². The summed E-state index contributed by atoms with van der Waals surface area (Å²) >= 11 is 0. The molecule has 0 bridgehead atoms. The van der Waals surface area contributed by atoms with E-state index in [9.17, 15) is 0 Å². The molecule has 74 valence electrons. The largest absolute Gasteiger partial charge is 0.301 e. The standard InChI is InChI=1S/C11H20N2/c1-9-10(2,3)7-6-8-11(4,5)13-12-9/h6,8,13H,7H2,1-5H3/b8-6-,12-9-. The Kier molecular flexibility index (Phi) is 2.51. The van der Waals surface area contributed by atoms with Crippen molar-refractivity contribution >= 4 is 5.71 Å². The summed E-state index contributed by atoms with van der Waals surface area (Å²) in [7, 11) is 0. The number of nitrogens with zero attached hydrogens (tertiary/aromatic N) is 1. The van der Waals surface area contributed by atoms with Gasteiger partial charge in [0.15, 0.2) is 0 Å². The van der Waals surface area contributed by atoms with Crippen LogP contribution in [0.15, 0.2) is 17.3 Å². The van der Waals surface area contributed by atoms with Gasteiger partial charge in [0.05, 0.1) is 5.54 Å². The van der Waals surface area contributed by atoms with E-state index >= 15 is 0 Å². The van der Waals surface area contributed by atoms with Crippen molar-refractivity contribution in [3.05, 3.63) is 12.2 Å². The molecule has 0 radical (unpaired) electrons. The van der Waals surface area contributed by atoms with Crippen LogP contribution >= 0.6 is 0 Å². The van der Waals surface area contributed by atoms with Crippen LogP contribution in [0.2, 0.25) is 0 Å². The Labute approximate surface area is 81.1 Å². The minimum absolute atomic E-state index is 0.0161. The molecular formula is C11H20N2. The fourth-order valence-electron chi connectivity index (χ4n) is 1.21. The normalized spacial score (nSPS) is 31.9. The van der Waals surface area contributed by atoms with E-state index in [-0.39, 0.29) is 11.0 Å². The second-order valence-electron chi connectivity index (χ2n) is 5.02. The Morgan fingerprint density at radius 2 is 1.92 bits per heavy atom. The maximum absolute atomic E-state index is 4.40. The maximum atomic E-state index is 4.40. The van der Waals surface area contributed by atoms with E-state index in [0.29, 0.717) is 0 Å². The first-order chi connectivity index (χ1) is 5.83. The molecule has 2 heteroatoms. The van der Waals surface area contributed by atoms with E-state index in [1.54, 1.807) is 0 Å². The first-order valence-corrected chi connectivity index (χ1v) is 4.83. The summed E-state index contributed by atoms with van der Waals surface area (Å²) in [5, 5.41) is 4.40. The van der Waals surface area contributed by atoms with Gasteiger partial charge in [-0.05, 0) is 27.2 Å². The molecule has 0 unspecified atom stereocenters. The molecule has 13 heavy (non-hydrogen) atoms. The Hall–Kier alpha value is -0.790. The summed E-state index contributed by atoms with van der Waals surface area (Å²) in [6.07, 6.45) is 5.49. The summed E-state index contributed by atoms with van der Waals surface area (Å²) in [6, 6.07) is 0. The zero-order chi connectivity index (χ0) is 10.1. The van der Waals surface area contributed by atoms with Crippen molar-refractivity contribution in [1.29, 1.82) is 0 Å². The topological polar surface area (TPSA) is 24.4 Å². The lowest BCUT2D eigenvalue weighted by molar-refractivity contribution is 0.454. The second kappa shape index (κ2) is 3.17. The monoisotopic (exact) mass is 180 g/mol. The zero-order valence-electron chi connectivity index (χ0n) is 9.31. The van der Waals surface area contributed by atoms with Crippen molar-refractivity contribution < 1.29 is 0 Å². The lowest BCUT2D eigenvalue weighted by Crippen LogP contribution is -2.37. The van der Waals surface area contributed by atoms with Crippen LogP contribution in [0.4, 0.5) is 0 Å². The quantitative estimate of drug-likeness (QED) is 0.569. The number of hydrogen-bond donors (Lipinski definition) is 1. The van der Waals surface area contributed by atoms with Crippen LogP contribution in [-0.4, -0.2) is 11.3 Å². The molecule has 0 atom stereocenters. The predicted octanol–water partition coefficient (Wildman–Crippen LogP) is 2.72. The Morgan fingerprint density at radius 1 is 1.31 bits per heavy atom. The van der Waals surface area contributed by atoms with E-state index in [4.69, 9.17) is 0 Å². The molecule has 1 N–H and O–H groups in total. The molecule has 1 aliphatic heterocycles. The maximum Gasteiger partial charge on any atom is 0.0672 e. The van der Waals surface area contributed by atoms with E-state index in [1.165, 1.54) is 5.71 Å². The Bertz CT molecular complexity index is 247. The molecule has 0 aromatic rings. The van der Waals surface area contributed by atoms with Crippen LogP contribution < -0.4 is 5.43 Å². The molecule has 0 fully saturated rings. The average Bonchev–Trinajstić information content (AvgIpc) is 1.98. The summed E-state index contributed by atoms with van der Waals surface area (Å²) in [4.78, 5) is 0. The van der Waals surface area contributed by atoms with Crippen LogP contribution in [0, 0.1) is 5.41 Å². The molecule has 1 heterocycles. The van der Waals surface area contributed by atoms with Gasteiger partial charge in [0.1, 0.15) is 0 Å². The first kappa shape index (κ1) is 10.3. The average molecular weight is 180 g/mol. The van der Waals surface area contributed by atoms with Gasteiger partial charge < -0.3 is 5.43 Å². The lowest BCUT2D eigenvalue weighted by Gasteiger charge is -2.29. The van der Waals surface area contributed by atoms with Gasteiger partial charge >= 0.3 is 0 Å². The Balaban J connectivity index is 2.88. The van der Waals surface area contributed by atoms with Gasteiger partial charge in [0.2, 0.25) is 0 Å². The van der Waals surface area contributed by atoms with Crippen LogP contribution in [0.1, 0.15) is 41.0 Å². The van der Waals surface area contributed by atoms with Gasteiger partial charge in [-0.1, -0.05) is 26.0 Å². The highest BCUT2D eigenvalue weighted by atomic mass is 15.3. The van der Waals surface area contributed by atoms with Gasteiger partial charge in [-0.2, -0.15) is 5.10 Å². The van der Waals surface area contributed by atoms with Crippen molar-refractivity contribution in [3.8, 4) is 0 Å². The highest BCUT2D eigenvalue weighted by Crippen LogP contribution is 2.25. The molecule has 0 spiro atoms. The first-order valence-electron chi connectivity index (χ1n) is 4.83. The van der Waals surface area contributed by atoms with E-state index in [0.717, 1.165) is 6.42 Å². The van der Waals surface area contributed by atoms with Crippen molar-refractivity contribution in [2.24, 2.45) is 10.5 Å². The van der Waals surface area contributed by atoms with E-state index in [2.05, 4.69) is 57.3 Å². The highest BCUT2D eigenvalue weighted by molar-refractivity contribution is 5.87. The molecule has 0 aliphatic carbocycles. The summed E-state index contributed by atoms with van der Waals surface area (Å²) < 4.78 is 0. The van der Waals surface area contributed by atoms with Gasteiger partial charge in [-0.25, -0.2) is 0 Å². The molecule has 0 amide bonds. The number of hydrazone groups is 1. The van der Waals surface area contributed by atoms with Gasteiger partial charge in [0.25, 0.3) is 0 Å². The van der Waals surface area contributed by atoms with Gasteiger partial charge in [-0.3, -0.25) is 0 Å². The van der Waals surface area contributed by atoms with Crippen LogP contribution in [0.5, 0.6) is 0 Å². The number of nitrogens with one attached hydrogen (secondary N) is 1. The van der Waals surface area contributed by atoms with Gasteiger partial charge in [0, 0.05) is 11.1 Å². The van der Waals surface area contributed by atoms with Gasteiger partial charge in [-0.15, -0.1) is 0 Å². The summed E-state index contributed by atoms with van der Waals surface area (Å²) in [5.74, 6) is 0. The molecular weight excluding hydrogens is 160 g/mol. The molecule has 0 aromatic heterocycles. The minimum atomic E-state index is -0.0161. The lowest BCUT2D eigenvalue weighted by atomic mass is 9.83. The summed E-state index contributed by atoms with van der Waals surface area (Å²) in [6.45, 7) is 10.8. The van der Waals surface area contributed by atoms with Crippen molar-refractivity contribution in [2.75, 3.05) is 0 Å². The molecule has 0 saturated heterocycles. The number of hydrogen-bond acceptors (Lipinski definition) is 2. The molecule has 0 saturated carbocycles. The number of allylic oxidation sites excluding steroid dienone is 1. The third kappa shape index (κ3) is 2.58. The van der Waals surface area contributed by atoms with Crippen molar-refractivity contribution in [2.45, 2.75) is 46.6 Å². The molecule has 1 rings (SSSR count). The van der Waals surface area contributed by atoms with Crippen molar-refractivity contribution in [3.63, 3.8) is 0 Å². The Morgan fingerprint density at radius 3 is 2.54 bits per heavy atom. The van der Waals surface area contributed by atoms with Crippen molar-refractivity contribution in [1.82, 2.24) is 5.43 Å². The third-order valence-corrected chi connectivity index (χ3v) is 2.65. The van der Waals surface area contributed by atoms with E-state index in [1.807, 2.05) is 0 Å². The SMILES string of the molecule is C/C1=N/NC(C)(C)/C=C\CC1(C)C. The zero-order valence-corrected chi connectivity index (χ0v) is 9.31. The van der Waals surface area contributed by atoms with E-state index < -0.39 is 0 Å². The molecule has 0 aromatic carbocycles. The number of rotatable bonds is 0. The van der Waals surface area contributed by atoms with Crippen LogP contribution in [0.3, 0.4) is 0 Å². The van der Waals surface area contributed by atoms with Crippen LogP contribution in [0.25, 0.3) is 0 Å². The fraction of sp³-hybridized carbons (Fsp3) is 0.727. The fourth-order valence-corrected chi connectivity index (χ4v) is 1.21. The third-order valence-electron chi connectivity index (χ3n) is 2.65. The summed E-state index contributed by atoms with van der Waals surface area (Å²) in [5.41, 5.74) is 4.50. The highest BCUT2D eigenvalue weighted by Gasteiger charge is 2.23. The molecule has 1 aliphatic rings. The smallest absolute Gasteiger partial charge is 0.0672 e.